The first-order valence-corrected chi connectivity index (χ1v) is 11.2. The van der Waals surface area contributed by atoms with Crippen LogP contribution in [0.5, 0.6) is 5.75 Å². The predicted molar refractivity (Wildman–Crippen MR) is 119 cm³/mol. The predicted octanol–water partition coefficient (Wildman–Crippen LogP) is 3.95. The van der Waals surface area contributed by atoms with Crippen LogP contribution in [-0.4, -0.2) is 30.4 Å². The highest BCUT2D eigenvalue weighted by Crippen LogP contribution is 2.19. The van der Waals surface area contributed by atoms with E-state index >= 15 is 0 Å². The fraction of sp³-hybridized carbons (Fsp3) is 0.190. The number of carbonyl (C=O) groups is 1. The largest absolute Gasteiger partial charge is 0.481 e. The van der Waals surface area contributed by atoms with Gasteiger partial charge in [0, 0.05) is 22.1 Å². The number of carbonyl (C=O) groups excluding carboxylic acids is 1. The molecule has 3 aromatic rings. The number of nitrogens with one attached hydrogen (secondary N) is 2. The van der Waals surface area contributed by atoms with E-state index < -0.39 is 16.1 Å². The third-order valence-electron chi connectivity index (χ3n) is 4.14. The second-order valence-electron chi connectivity index (χ2n) is 6.81. The van der Waals surface area contributed by atoms with Crippen molar-refractivity contribution in [1.29, 1.82) is 0 Å². The van der Waals surface area contributed by atoms with E-state index in [2.05, 4.69) is 20.0 Å². The van der Waals surface area contributed by atoms with E-state index in [0.717, 1.165) is 0 Å². The zero-order valence-corrected chi connectivity index (χ0v) is 18.7. The quantitative estimate of drug-likeness (QED) is 0.552. The third-order valence-corrected chi connectivity index (χ3v) is 5.73. The van der Waals surface area contributed by atoms with E-state index in [4.69, 9.17) is 16.3 Å². The molecule has 8 nitrogen and oxygen atoms in total. The summed E-state index contributed by atoms with van der Waals surface area (Å²) in [4.78, 5) is 20.5. The second kappa shape index (κ2) is 9.32. The summed E-state index contributed by atoms with van der Waals surface area (Å²) in [5, 5.41) is 3.25. The Morgan fingerprint density at radius 3 is 2.16 bits per heavy atom. The van der Waals surface area contributed by atoms with Crippen molar-refractivity contribution >= 4 is 39.2 Å². The highest BCUT2D eigenvalue weighted by molar-refractivity contribution is 7.92. The average Bonchev–Trinajstić information content (AvgIpc) is 2.69. The maximum Gasteiger partial charge on any atom is 0.265 e. The van der Waals surface area contributed by atoms with E-state index in [9.17, 15) is 13.2 Å². The SMILES string of the molecule is Cc1cc(C)nc(NS(=O)(=O)c2ccc(NC(=O)[C@@H](C)Oc3ccc(Cl)cc3)cc2)n1. The number of aromatic nitrogens is 2. The van der Waals surface area contributed by atoms with E-state index in [1.54, 1.807) is 51.1 Å². The van der Waals surface area contributed by atoms with Crippen molar-refractivity contribution in [2.45, 2.75) is 31.8 Å². The third kappa shape index (κ3) is 6.16. The van der Waals surface area contributed by atoms with Crippen LogP contribution in [-0.2, 0) is 14.8 Å². The number of ether oxygens (including phenoxy) is 1. The van der Waals surface area contributed by atoms with Gasteiger partial charge in [0.25, 0.3) is 15.9 Å². The van der Waals surface area contributed by atoms with Crippen molar-refractivity contribution in [3.05, 3.63) is 71.0 Å². The molecule has 0 aliphatic carbocycles. The Balaban J connectivity index is 1.64. The maximum absolute atomic E-state index is 12.6. The van der Waals surface area contributed by atoms with Gasteiger partial charge < -0.3 is 10.1 Å². The van der Waals surface area contributed by atoms with Crippen molar-refractivity contribution in [3.63, 3.8) is 0 Å². The van der Waals surface area contributed by atoms with Gasteiger partial charge in [-0.15, -0.1) is 0 Å². The normalized spacial score (nSPS) is 12.1. The minimum Gasteiger partial charge on any atom is -0.481 e. The van der Waals surface area contributed by atoms with Crippen molar-refractivity contribution in [1.82, 2.24) is 9.97 Å². The standard InChI is InChI=1S/C21H21ClN4O4S/c1-13-12-14(2)24-21(23-13)26-31(28,29)19-10-6-17(7-11-19)25-20(27)15(3)30-18-8-4-16(22)5-9-18/h4-12,15H,1-3H3,(H,25,27)(H,23,24,26)/t15-/m1/s1. The monoisotopic (exact) mass is 460 g/mol. The molecule has 2 N–H and O–H groups in total. The number of sulfonamides is 1. The number of aryl methyl sites for hydroxylation is 2. The lowest BCUT2D eigenvalue weighted by Gasteiger charge is -2.15. The highest BCUT2D eigenvalue weighted by atomic mass is 35.5. The van der Waals surface area contributed by atoms with Crippen molar-refractivity contribution in [2.24, 2.45) is 0 Å². The number of rotatable bonds is 7. The number of halogens is 1. The lowest BCUT2D eigenvalue weighted by atomic mass is 10.3. The van der Waals surface area contributed by atoms with E-state index in [1.165, 1.54) is 24.3 Å². The van der Waals surface area contributed by atoms with Crippen LogP contribution in [0.25, 0.3) is 0 Å². The van der Waals surface area contributed by atoms with Crippen LogP contribution >= 0.6 is 11.6 Å². The zero-order chi connectivity index (χ0) is 22.6. The van der Waals surface area contributed by atoms with Crippen LogP contribution in [0.3, 0.4) is 0 Å². The summed E-state index contributed by atoms with van der Waals surface area (Å²) in [6.07, 6.45) is -0.770. The van der Waals surface area contributed by atoms with Crippen LogP contribution in [0, 0.1) is 13.8 Å². The summed E-state index contributed by atoms with van der Waals surface area (Å²) < 4.78 is 33.1. The molecule has 0 aliphatic rings. The zero-order valence-electron chi connectivity index (χ0n) is 17.1. The summed E-state index contributed by atoms with van der Waals surface area (Å²) >= 11 is 5.83. The van der Waals surface area contributed by atoms with E-state index in [1.807, 2.05) is 0 Å². The first kappa shape index (κ1) is 22.5. The van der Waals surface area contributed by atoms with Crippen molar-refractivity contribution in [3.8, 4) is 5.75 Å². The lowest BCUT2D eigenvalue weighted by molar-refractivity contribution is -0.122. The smallest absolute Gasteiger partial charge is 0.265 e. The summed E-state index contributed by atoms with van der Waals surface area (Å²) in [5.74, 6) is 0.128. The molecule has 31 heavy (non-hydrogen) atoms. The number of hydrogen-bond acceptors (Lipinski definition) is 6. The molecule has 0 radical (unpaired) electrons. The Kier molecular flexibility index (Phi) is 6.77. The maximum atomic E-state index is 12.6. The Hall–Kier alpha value is -3.17. The first-order valence-electron chi connectivity index (χ1n) is 9.31. The van der Waals surface area contributed by atoms with Crippen LogP contribution in [0.15, 0.2) is 59.5 Å². The van der Waals surface area contributed by atoms with E-state index in [0.29, 0.717) is 27.8 Å². The Morgan fingerprint density at radius 1 is 1.00 bits per heavy atom. The molecule has 0 spiro atoms. The fourth-order valence-corrected chi connectivity index (χ4v) is 3.75. The summed E-state index contributed by atoms with van der Waals surface area (Å²) in [5.41, 5.74) is 1.73. The Bertz CT molecular complexity index is 1160. The molecule has 1 heterocycles. The van der Waals surface area contributed by atoms with Gasteiger partial charge in [-0.1, -0.05) is 11.6 Å². The number of nitrogens with zero attached hydrogens (tertiary/aromatic N) is 2. The molecule has 0 unspecified atom stereocenters. The van der Waals surface area contributed by atoms with Crippen LogP contribution in [0.2, 0.25) is 5.02 Å². The van der Waals surface area contributed by atoms with Crippen LogP contribution in [0.4, 0.5) is 11.6 Å². The molecule has 0 saturated carbocycles. The molecule has 1 atom stereocenters. The molecular formula is C21H21ClN4O4S. The van der Waals surface area contributed by atoms with Crippen molar-refractivity contribution < 1.29 is 17.9 Å². The number of hydrogen-bond donors (Lipinski definition) is 2. The summed E-state index contributed by atoms with van der Waals surface area (Å²) in [7, 11) is -3.88. The van der Waals surface area contributed by atoms with Gasteiger partial charge >= 0.3 is 0 Å². The molecule has 2 aromatic carbocycles. The number of amides is 1. The first-order chi connectivity index (χ1) is 14.6. The molecule has 0 bridgehead atoms. The molecule has 162 valence electrons. The minimum absolute atomic E-state index is 0.00283. The minimum atomic E-state index is -3.88. The molecule has 0 fully saturated rings. The number of benzene rings is 2. The van der Waals surface area contributed by atoms with Crippen LogP contribution < -0.4 is 14.8 Å². The Morgan fingerprint density at radius 2 is 1.58 bits per heavy atom. The molecule has 0 aliphatic heterocycles. The van der Waals surface area contributed by atoms with E-state index in [-0.39, 0.29) is 16.8 Å². The van der Waals surface area contributed by atoms with Gasteiger partial charge in [0.2, 0.25) is 5.95 Å². The topological polar surface area (TPSA) is 110 Å². The van der Waals surface area contributed by atoms with Crippen molar-refractivity contribution in [2.75, 3.05) is 10.0 Å². The fourth-order valence-electron chi connectivity index (χ4n) is 2.68. The summed E-state index contributed by atoms with van der Waals surface area (Å²) in [6.45, 7) is 5.11. The van der Waals surface area contributed by atoms with Gasteiger partial charge in [0.05, 0.1) is 4.90 Å². The molecule has 10 heteroatoms. The van der Waals surface area contributed by atoms with Gasteiger partial charge in [-0.05, 0) is 75.4 Å². The summed E-state index contributed by atoms with van der Waals surface area (Å²) in [6, 6.07) is 14.1. The molecule has 1 aromatic heterocycles. The van der Waals surface area contributed by atoms with Gasteiger partial charge in [-0.25, -0.2) is 23.1 Å². The van der Waals surface area contributed by atoms with Gasteiger partial charge in [0.15, 0.2) is 6.10 Å². The van der Waals surface area contributed by atoms with Gasteiger partial charge in [-0.2, -0.15) is 0 Å². The molecule has 1 amide bonds. The van der Waals surface area contributed by atoms with Gasteiger partial charge in [0.1, 0.15) is 5.75 Å². The highest BCUT2D eigenvalue weighted by Gasteiger charge is 2.18. The molecule has 3 rings (SSSR count). The van der Waals surface area contributed by atoms with Crippen LogP contribution in [0.1, 0.15) is 18.3 Å². The molecule has 0 saturated heterocycles. The second-order valence-corrected chi connectivity index (χ2v) is 8.93. The number of anilines is 2. The average molecular weight is 461 g/mol. The Labute approximate surface area is 185 Å². The molecular weight excluding hydrogens is 440 g/mol. The lowest BCUT2D eigenvalue weighted by Crippen LogP contribution is -2.30. The van der Waals surface area contributed by atoms with Gasteiger partial charge in [-0.3, -0.25) is 4.79 Å².